The molecule has 6 nitrogen and oxygen atoms in total. The Morgan fingerprint density at radius 2 is 1.52 bits per heavy atom. The Labute approximate surface area is 185 Å². The first-order valence-electron chi connectivity index (χ1n) is 12.0. The summed E-state index contributed by atoms with van der Waals surface area (Å²) in [4.78, 5) is 30.0. The number of β-amino-alcohol motifs (C(OH)–C–C–N with tert-alkyl or cyclic N) is 1. The summed E-state index contributed by atoms with van der Waals surface area (Å²) in [6.07, 6.45) is 7.30. The molecule has 6 rings (SSSR count). The van der Waals surface area contributed by atoms with Gasteiger partial charge < -0.3 is 15.3 Å². The summed E-state index contributed by atoms with van der Waals surface area (Å²) in [7, 11) is 0. The molecule has 4 saturated carbocycles. The van der Waals surface area contributed by atoms with Gasteiger partial charge in [-0.15, -0.1) is 0 Å². The van der Waals surface area contributed by atoms with Gasteiger partial charge in [0, 0.05) is 50.2 Å². The zero-order valence-corrected chi connectivity index (χ0v) is 18.4. The van der Waals surface area contributed by atoms with Crippen molar-refractivity contribution in [1.29, 1.82) is 0 Å². The maximum Gasteiger partial charge on any atom is 0.253 e. The average Bonchev–Trinajstić information content (AvgIpc) is 2.77. The summed E-state index contributed by atoms with van der Waals surface area (Å²) in [6, 6.07) is 7.70. The molecule has 0 aromatic heterocycles. The number of aliphatic hydroxyl groups excluding tert-OH is 1. The maximum atomic E-state index is 13.1. The predicted octanol–water partition coefficient (Wildman–Crippen LogP) is 2.27. The second-order valence-corrected chi connectivity index (χ2v) is 10.4. The number of hydrogen-bond acceptors (Lipinski definition) is 4. The van der Waals surface area contributed by atoms with Crippen molar-refractivity contribution in [1.82, 2.24) is 15.1 Å². The van der Waals surface area contributed by atoms with Crippen LogP contribution in [0.15, 0.2) is 24.3 Å². The molecule has 31 heavy (non-hydrogen) atoms. The van der Waals surface area contributed by atoms with Crippen molar-refractivity contribution in [2.45, 2.75) is 45.1 Å². The lowest BCUT2D eigenvalue weighted by molar-refractivity contribution is -0.146. The van der Waals surface area contributed by atoms with Crippen LogP contribution in [-0.2, 0) is 11.3 Å². The van der Waals surface area contributed by atoms with Crippen molar-refractivity contribution in [3.63, 3.8) is 0 Å². The minimum atomic E-state index is -0.108. The Balaban J connectivity index is 1.14. The van der Waals surface area contributed by atoms with Crippen molar-refractivity contribution in [3.05, 3.63) is 35.4 Å². The number of hydrogen-bond donors (Lipinski definition) is 2. The largest absolute Gasteiger partial charge is 0.395 e. The number of piperazine rings is 1. The van der Waals surface area contributed by atoms with Crippen LogP contribution in [0.1, 0.15) is 54.4 Å². The molecule has 0 radical (unpaired) electrons. The topological polar surface area (TPSA) is 72.9 Å². The molecule has 168 valence electrons. The Morgan fingerprint density at radius 1 is 0.935 bits per heavy atom. The summed E-state index contributed by atoms with van der Waals surface area (Å²) in [6.45, 7) is 4.38. The summed E-state index contributed by atoms with van der Waals surface area (Å²) < 4.78 is 0. The molecule has 5 aliphatic rings. The van der Waals surface area contributed by atoms with E-state index in [9.17, 15) is 9.59 Å². The van der Waals surface area contributed by atoms with E-state index in [4.69, 9.17) is 5.11 Å². The van der Waals surface area contributed by atoms with Gasteiger partial charge in [-0.25, -0.2) is 0 Å². The van der Waals surface area contributed by atoms with E-state index in [1.807, 2.05) is 29.2 Å². The smallest absolute Gasteiger partial charge is 0.253 e. The minimum absolute atomic E-state index is 0.0628. The maximum absolute atomic E-state index is 13.1. The number of carbonyl (C=O) groups excluding carboxylic acids is 2. The number of nitrogens with zero attached hydrogens (tertiary/aromatic N) is 2. The standard InChI is InChI=1S/C25H35N3O3/c29-10-9-27-5-7-28(8-6-27)23(30)22-3-1-18(2-4-22)17-26-24(31)25-14-19-11-20(15-25)13-21(12-19)16-25/h1-4,19-21,29H,5-17H2,(H,26,31). The summed E-state index contributed by atoms with van der Waals surface area (Å²) in [5, 5.41) is 12.3. The lowest BCUT2D eigenvalue weighted by atomic mass is 9.49. The molecule has 0 atom stereocenters. The third-order valence-electron chi connectivity index (χ3n) is 8.25. The van der Waals surface area contributed by atoms with E-state index in [1.54, 1.807) is 0 Å². The highest BCUT2D eigenvalue weighted by Crippen LogP contribution is 2.60. The summed E-state index contributed by atoms with van der Waals surface area (Å²) >= 11 is 0. The zero-order chi connectivity index (χ0) is 21.4. The molecule has 1 saturated heterocycles. The fourth-order valence-electron chi connectivity index (χ4n) is 7.02. The molecule has 0 spiro atoms. The highest BCUT2D eigenvalue weighted by Gasteiger charge is 2.54. The first-order chi connectivity index (χ1) is 15.0. The van der Waals surface area contributed by atoms with Crippen molar-refractivity contribution in [3.8, 4) is 0 Å². The van der Waals surface area contributed by atoms with Crippen LogP contribution in [0.3, 0.4) is 0 Å². The van der Waals surface area contributed by atoms with E-state index in [0.717, 1.165) is 55.7 Å². The monoisotopic (exact) mass is 425 g/mol. The fourth-order valence-corrected chi connectivity index (χ4v) is 7.02. The van der Waals surface area contributed by atoms with Crippen LogP contribution >= 0.6 is 0 Å². The van der Waals surface area contributed by atoms with Crippen LogP contribution < -0.4 is 5.32 Å². The van der Waals surface area contributed by atoms with Gasteiger partial charge in [0.2, 0.25) is 5.91 Å². The number of nitrogens with one attached hydrogen (secondary N) is 1. The van der Waals surface area contributed by atoms with Crippen LogP contribution in [0.4, 0.5) is 0 Å². The molecule has 1 aromatic carbocycles. The second-order valence-electron chi connectivity index (χ2n) is 10.4. The van der Waals surface area contributed by atoms with E-state index >= 15 is 0 Å². The van der Waals surface area contributed by atoms with Gasteiger partial charge in [-0.3, -0.25) is 14.5 Å². The quantitative estimate of drug-likeness (QED) is 0.733. The van der Waals surface area contributed by atoms with E-state index in [0.29, 0.717) is 31.7 Å². The predicted molar refractivity (Wildman–Crippen MR) is 118 cm³/mol. The molecule has 4 bridgehead atoms. The number of amides is 2. The third kappa shape index (κ3) is 4.24. The Morgan fingerprint density at radius 3 is 2.06 bits per heavy atom. The van der Waals surface area contributed by atoms with Crippen LogP contribution in [0.5, 0.6) is 0 Å². The van der Waals surface area contributed by atoms with Crippen LogP contribution in [0.2, 0.25) is 0 Å². The molecule has 2 amide bonds. The van der Waals surface area contributed by atoms with Crippen molar-refractivity contribution in [2.24, 2.45) is 23.2 Å². The molecule has 2 N–H and O–H groups in total. The fraction of sp³-hybridized carbons (Fsp3) is 0.680. The lowest BCUT2D eigenvalue weighted by Gasteiger charge is -2.55. The Hall–Kier alpha value is -1.92. The van der Waals surface area contributed by atoms with Gasteiger partial charge in [0.25, 0.3) is 5.91 Å². The molecule has 4 aliphatic carbocycles. The molecule has 1 aromatic rings. The van der Waals surface area contributed by atoms with Gasteiger partial charge in [-0.05, 0) is 74.0 Å². The normalized spacial score (nSPS) is 32.3. The minimum Gasteiger partial charge on any atom is -0.395 e. The third-order valence-corrected chi connectivity index (χ3v) is 8.25. The van der Waals surface area contributed by atoms with Crippen molar-refractivity contribution < 1.29 is 14.7 Å². The Bertz CT molecular complexity index is 779. The summed E-state index contributed by atoms with van der Waals surface area (Å²) in [5.41, 5.74) is 1.64. The number of benzene rings is 1. The second kappa shape index (κ2) is 8.55. The van der Waals surface area contributed by atoms with Gasteiger partial charge in [0.05, 0.1) is 6.61 Å². The van der Waals surface area contributed by atoms with Gasteiger partial charge in [0.1, 0.15) is 0 Å². The molecule has 0 unspecified atom stereocenters. The van der Waals surface area contributed by atoms with Gasteiger partial charge in [0.15, 0.2) is 0 Å². The molecule has 1 heterocycles. The highest BCUT2D eigenvalue weighted by molar-refractivity contribution is 5.94. The number of rotatable bonds is 6. The number of carbonyl (C=O) groups is 2. The highest BCUT2D eigenvalue weighted by atomic mass is 16.3. The lowest BCUT2D eigenvalue weighted by Crippen LogP contribution is -2.53. The molecule has 5 fully saturated rings. The van der Waals surface area contributed by atoms with Gasteiger partial charge >= 0.3 is 0 Å². The van der Waals surface area contributed by atoms with Crippen molar-refractivity contribution >= 4 is 11.8 Å². The van der Waals surface area contributed by atoms with Crippen LogP contribution in [0.25, 0.3) is 0 Å². The molecule has 1 aliphatic heterocycles. The van der Waals surface area contributed by atoms with E-state index < -0.39 is 0 Å². The van der Waals surface area contributed by atoms with E-state index in [-0.39, 0.29) is 23.8 Å². The molecular weight excluding hydrogens is 390 g/mol. The Kier molecular flexibility index (Phi) is 5.78. The number of aliphatic hydroxyl groups is 1. The van der Waals surface area contributed by atoms with Crippen molar-refractivity contribution in [2.75, 3.05) is 39.3 Å². The van der Waals surface area contributed by atoms with Crippen LogP contribution in [0, 0.1) is 23.2 Å². The zero-order valence-electron chi connectivity index (χ0n) is 18.4. The SMILES string of the molecule is O=C(c1ccc(CNC(=O)C23CC4CC(CC(C4)C2)C3)cc1)N1CCN(CCO)CC1. The first-order valence-corrected chi connectivity index (χ1v) is 12.0. The molecule has 6 heteroatoms. The van der Waals surface area contributed by atoms with Crippen LogP contribution in [-0.4, -0.2) is 66.1 Å². The van der Waals surface area contributed by atoms with Gasteiger partial charge in [-0.1, -0.05) is 12.1 Å². The average molecular weight is 426 g/mol. The first kappa shape index (κ1) is 21.0. The molecular formula is C25H35N3O3. The van der Waals surface area contributed by atoms with E-state index in [1.165, 1.54) is 19.3 Å². The summed E-state index contributed by atoms with van der Waals surface area (Å²) in [5.74, 6) is 2.63. The van der Waals surface area contributed by atoms with E-state index in [2.05, 4.69) is 10.2 Å². The van der Waals surface area contributed by atoms with Gasteiger partial charge in [-0.2, -0.15) is 0 Å².